The molecular formula is C19H18ClNO3. The molecule has 0 aliphatic heterocycles. The Labute approximate surface area is 146 Å². The lowest BCUT2D eigenvalue weighted by Crippen LogP contribution is -2.43. The lowest BCUT2D eigenvalue weighted by molar-refractivity contribution is -0.144. The van der Waals surface area contributed by atoms with Gasteiger partial charge in [-0.1, -0.05) is 66.7 Å². The normalized spacial score (nSPS) is 11.4. The number of amides is 1. The van der Waals surface area contributed by atoms with Gasteiger partial charge < -0.3 is 10.1 Å². The SMILES string of the molecule is C=CCOC(=O)[C@H](Cc1ccccc1)NC(=O)c1ccccc1Cl. The second kappa shape index (κ2) is 8.89. The standard InChI is InChI=1S/C19H18ClNO3/c1-2-12-24-19(23)17(13-14-8-4-3-5-9-14)21-18(22)15-10-6-7-11-16(15)20/h2-11,17H,1,12-13H2,(H,21,22)/t17-/m0/s1. The number of halogens is 1. The third-order valence-electron chi connectivity index (χ3n) is 3.33. The highest BCUT2D eigenvalue weighted by atomic mass is 35.5. The summed E-state index contributed by atoms with van der Waals surface area (Å²) in [5.74, 6) is -0.934. The van der Waals surface area contributed by atoms with Crippen molar-refractivity contribution in [2.24, 2.45) is 0 Å². The highest BCUT2D eigenvalue weighted by Gasteiger charge is 2.24. The van der Waals surface area contributed by atoms with Crippen molar-refractivity contribution >= 4 is 23.5 Å². The van der Waals surface area contributed by atoms with Gasteiger partial charge in [0.1, 0.15) is 12.6 Å². The van der Waals surface area contributed by atoms with Crippen LogP contribution in [0.2, 0.25) is 5.02 Å². The zero-order valence-electron chi connectivity index (χ0n) is 13.1. The van der Waals surface area contributed by atoms with E-state index in [-0.39, 0.29) is 6.61 Å². The Hall–Kier alpha value is -2.59. The fraction of sp³-hybridized carbons (Fsp3) is 0.158. The molecule has 0 aliphatic rings. The van der Waals surface area contributed by atoms with E-state index in [1.807, 2.05) is 30.3 Å². The average molecular weight is 344 g/mol. The van der Waals surface area contributed by atoms with Crippen molar-refractivity contribution in [1.29, 1.82) is 0 Å². The zero-order valence-corrected chi connectivity index (χ0v) is 13.8. The van der Waals surface area contributed by atoms with Gasteiger partial charge in [0.15, 0.2) is 0 Å². The Kier molecular flexibility index (Phi) is 6.58. The fourth-order valence-corrected chi connectivity index (χ4v) is 2.39. The molecule has 1 atom stereocenters. The molecule has 1 N–H and O–H groups in total. The molecule has 4 nitrogen and oxygen atoms in total. The van der Waals surface area contributed by atoms with E-state index in [2.05, 4.69) is 11.9 Å². The number of carbonyl (C=O) groups excluding carboxylic acids is 2. The van der Waals surface area contributed by atoms with Gasteiger partial charge in [-0.25, -0.2) is 4.79 Å². The maximum atomic E-state index is 12.4. The van der Waals surface area contributed by atoms with Gasteiger partial charge in [-0.15, -0.1) is 0 Å². The molecule has 0 heterocycles. The van der Waals surface area contributed by atoms with Gasteiger partial charge >= 0.3 is 5.97 Å². The molecule has 0 spiro atoms. The van der Waals surface area contributed by atoms with Crippen LogP contribution in [0.1, 0.15) is 15.9 Å². The van der Waals surface area contributed by atoms with Crippen LogP contribution in [-0.2, 0) is 16.0 Å². The van der Waals surface area contributed by atoms with Crippen molar-refractivity contribution in [3.05, 3.63) is 83.4 Å². The van der Waals surface area contributed by atoms with E-state index in [1.165, 1.54) is 6.08 Å². The van der Waals surface area contributed by atoms with Gasteiger partial charge in [-0.3, -0.25) is 4.79 Å². The highest BCUT2D eigenvalue weighted by molar-refractivity contribution is 6.33. The molecule has 0 unspecified atom stereocenters. The molecule has 0 aliphatic carbocycles. The van der Waals surface area contributed by atoms with Gasteiger partial charge in [-0.05, 0) is 17.7 Å². The lowest BCUT2D eigenvalue weighted by Gasteiger charge is -2.18. The topological polar surface area (TPSA) is 55.4 Å². The molecule has 0 saturated heterocycles. The molecule has 0 bridgehead atoms. The monoisotopic (exact) mass is 343 g/mol. The van der Waals surface area contributed by atoms with Crippen molar-refractivity contribution in [1.82, 2.24) is 5.32 Å². The average Bonchev–Trinajstić information content (AvgIpc) is 2.60. The van der Waals surface area contributed by atoms with E-state index in [1.54, 1.807) is 24.3 Å². The summed E-state index contributed by atoms with van der Waals surface area (Å²) in [6.07, 6.45) is 1.81. The van der Waals surface area contributed by atoms with Crippen LogP contribution in [0.15, 0.2) is 67.3 Å². The first-order chi connectivity index (χ1) is 11.6. The molecule has 2 aromatic carbocycles. The van der Waals surface area contributed by atoms with Crippen LogP contribution < -0.4 is 5.32 Å². The summed E-state index contributed by atoms with van der Waals surface area (Å²) >= 11 is 6.04. The summed E-state index contributed by atoms with van der Waals surface area (Å²) in [6.45, 7) is 3.60. The third kappa shape index (κ3) is 4.96. The van der Waals surface area contributed by atoms with Crippen molar-refractivity contribution in [2.45, 2.75) is 12.5 Å². The number of benzene rings is 2. The number of carbonyl (C=O) groups is 2. The minimum Gasteiger partial charge on any atom is -0.460 e. The van der Waals surface area contributed by atoms with Crippen LogP contribution in [0, 0.1) is 0 Å². The molecule has 1 amide bonds. The summed E-state index contributed by atoms with van der Waals surface area (Å²) < 4.78 is 5.09. The first-order valence-corrected chi connectivity index (χ1v) is 7.86. The van der Waals surface area contributed by atoms with Crippen LogP contribution >= 0.6 is 11.6 Å². The number of ether oxygens (including phenoxy) is 1. The summed E-state index contributed by atoms with van der Waals surface area (Å²) in [5, 5.41) is 3.03. The maximum Gasteiger partial charge on any atom is 0.329 e. The lowest BCUT2D eigenvalue weighted by atomic mass is 10.1. The van der Waals surface area contributed by atoms with E-state index in [0.29, 0.717) is 17.0 Å². The first-order valence-electron chi connectivity index (χ1n) is 7.48. The number of hydrogen-bond donors (Lipinski definition) is 1. The second-order valence-electron chi connectivity index (χ2n) is 5.11. The molecule has 0 saturated carbocycles. The quantitative estimate of drug-likeness (QED) is 0.619. The van der Waals surface area contributed by atoms with Gasteiger partial charge in [0, 0.05) is 6.42 Å². The fourth-order valence-electron chi connectivity index (χ4n) is 2.17. The Morgan fingerprint density at radius 3 is 2.46 bits per heavy atom. The maximum absolute atomic E-state index is 12.4. The van der Waals surface area contributed by atoms with E-state index in [0.717, 1.165) is 5.56 Å². The van der Waals surface area contributed by atoms with E-state index < -0.39 is 17.9 Å². The molecule has 2 aromatic rings. The van der Waals surface area contributed by atoms with Crippen LogP contribution in [-0.4, -0.2) is 24.5 Å². The molecule has 5 heteroatoms. The Bertz CT molecular complexity index is 716. The second-order valence-corrected chi connectivity index (χ2v) is 5.52. The van der Waals surface area contributed by atoms with Crippen LogP contribution in [0.25, 0.3) is 0 Å². The molecule has 124 valence electrons. The minimum absolute atomic E-state index is 0.0894. The number of rotatable bonds is 7. The third-order valence-corrected chi connectivity index (χ3v) is 3.66. The van der Waals surface area contributed by atoms with Crippen LogP contribution in [0.4, 0.5) is 0 Å². The van der Waals surface area contributed by atoms with Crippen LogP contribution in [0.5, 0.6) is 0 Å². The van der Waals surface area contributed by atoms with Gasteiger partial charge in [0.05, 0.1) is 10.6 Å². The Balaban J connectivity index is 2.15. The number of nitrogens with one attached hydrogen (secondary N) is 1. The molecule has 0 fully saturated rings. The summed E-state index contributed by atoms with van der Waals surface area (Å²) in [5.41, 5.74) is 1.23. The zero-order chi connectivity index (χ0) is 17.4. The summed E-state index contributed by atoms with van der Waals surface area (Å²) in [7, 11) is 0. The van der Waals surface area contributed by atoms with Crippen molar-refractivity contribution < 1.29 is 14.3 Å². The molecular weight excluding hydrogens is 326 g/mol. The van der Waals surface area contributed by atoms with Gasteiger partial charge in [0.25, 0.3) is 5.91 Å². The largest absolute Gasteiger partial charge is 0.460 e. The first kappa shape index (κ1) is 17.8. The van der Waals surface area contributed by atoms with Crippen molar-refractivity contribution in [3.8, 4) is 0 Å². The molecule has 24 heavy (non-hydrogen) atoms. The Morgan fingerprint density at radius 1 is 1.12 bits per heavy atom. The Morgan fingerprint density at radius 2 is 1.79 bits per heavy atom. The van der Waals surface area contributed by atoms with E-state index in [4.69, 9.17) is 16.3 Å². The minimum atomic E-state index is -0.809. The summed E-state index contributed by atoms with van der Waals surface area (Å²) in [4.78, 5) is 24.7. The molecule has 0 radical (unpaired) electrons. The predicted octanol–water partition coefficient (Wildman–Crippen LogP) is 3.41. The summed E-state index contributed by atoms with van der Waals surface area (Å²) in [6, 6.07) is 15.3. The van der Waals surface area contributed by atoms with Gasteiger partial charge in [0.2, 0.25) is 0 Å². The van der Waals surface area contributed by atoms with Gasteiger partial charge in [-0.2, -0.15) is 0 Å². The highest BCUT2D eigenvalue weighted by Crippen LogP contribution is 2.15. The van der Waals surface area contributed by atoms with E-state index >= 15 is 0 Å². The molecule has 0 aromatic heterocycles. The van der Waals surface area contributed by atoms with Crippen molar-refractivity contribution in [3.63, 3.8) is 0 Å². The van der Waals surface area contributed by atoms with Crippen molar-refractivity contribution in [2.75, 3.05) is 6.61 Å². The molecule has 2 rings (SSSR count). The number of esters is 1. The number of hydrogen-bond acceptors (Lipinski definition) is 3. The smallest absolute Gasteiger partial charge is 0.329 e. The van der Waals surface area contributed by atoms with Crippen LogP contribution in [0.3, 0.4) is 0 Å². The predicted molar refractivity (Wildman–Crippen MR) is 94.0 cm³/mol. The van der Waals surface area contributed by atoms with E-state index in [9.17, 15) is 9.59 Å².